The zero-order valence-electron chi connectivity index (χ0n) is 11.8. The number of anilines is 1. The predicted molar refractivity (Wildman–Crippen MR) is 81.2 cm³/mol. The highest BCUT2D eigenvalue weighted by Crippen LogP contribution is 2.27. The minimum Gasteiger partial charge on any atom is -0.282 e. The first-order chi connectivity index (χ1) is 10.1. The van der Waals surface area contributed by atoms with Crippen LogP contribution in [0.15, 0.2) is 36.4 Å². The molecule has 6 heteroatoms. The molecule has 1 atom stereocenters. The van der Waals surface area contributed by atoms with Crippen molar-refractivity contribution in [2.75, 3.05) is 4.90 Å². The number of para-hydroxylation sites is 1. The molecule has 1 aromatic carbocycles. The van der Waals surface area contributed by atoms with Gasteiger partial charge in [0.05, 0.1) is 12.2 Å². The molecular formula is C15H15N3O2S. The highest BCUT2D eigenvalue weighted by molar-refractivity contribution is 7.05. The van der Waals surface area contributed by atoms with Crippen molar-refractivity contribution in [1.29, 1.82) is 0 Å². The van der Waals surface area contributed by atoms with Gasteiger partial charge in [0.2, 0.25) is 0 Å². The summed E-state index contributed by atoms with van der Waals surface area (Å²) in [5.74, 6) is -0.171. The molecule has 1 aliphatic heterocycles. The largest absolute Gasteiger partial charge is 0.332 e. The molecule has 3 amide bonds. The summed E-state index contributed by atoms with van der Waals surface area (Å²) in [6.45, 7) is 3.94. The van der Waals surface area contributed by atoms with Crippen molar-refractivity contribution in [3.8, 4) is 0 Å². The number of urea groups is 1. The fourth-order valence-corrected chi connectivity index (χ4v) is 3.16. The van der Waals surface area contributed by atoms with Crippen LogP contribution >= 0.6 is 11.5 Å². The number of rotatable bonds is 3. The molecule has 0 spiro atoms. The first-order valence-corrected chi connectivity index (χ1v) is 7.47. The maximum atomic E-state index is 12.6. The summed E-state index contributed by atoms with van der Waals surface area (Å²) < 4.78 is 4.18. The summed E-state index contributed by atoms with van der Waals surface area (Å²) in [5.41, 5.74) is 1.65. The first-order valence-electron chi connectivity index (χ1n) is 6.70. The zero-order valence-corrected chi connectivity index (χ0v) is 12.6. The van der Waals surface area contributed by atoms with Gasteiger partial charge in [0.1, 0.15) is 6.04 Å². The van der Waals surface area contributed by atoms with E-state index >= 15 is 0 Å². The Morgan fingerprint density at radius 2 is 1.95 bits per heavy atom. The molecule has 1 saturated heterocycles. The number of amides is 3. The number of hydrogen-bond acceptors (Lipinski definition) is 4. The monoisotopic (exact) mass is 301 g/mol. The Hall–Kier alpha value is -2.21. The van der Waals surface area contributed by atoms with Gasteiger partial charge in [-0.3, -0.25) is 14.6 Å². The van der Waals surface area contributed by atoms with Crippen LogP contribution in [0.1, 0.15) is 17.5 Å². The van der Waals surface area contributed by atoms with Crippen molar-refractivity contribution in [1.82, 2.24) is 9.27 Å². The molecule has 0 aliphatic carbocycles. The molecule has 0 bridgehead atoms. The molecule has 1 fully saturated rings. The lowest BCUT2D eigenvalue weighted by molar-refractivity contribution is -0.127. The molecular weight excluding hydrogens is 286 g/mol. The standard InChI is InChI=1S/C15H15N3O2S/c1-10-8-13(21-16-10)9-17-14(19)11(2)18(15(17)20)12-6-4-3-5-7-12/h3-8,11H,9H2,1-2H3. The summed E-state index contributed by atoms with van der Waals surface area (Å²) in [6.07, 6.45) is 0. The van der Waals surface area contributed by atoms with Crippen molar-refractivity contribution in [2.24, 2.45) is 0 Å². The van der Waals surface area contributed by atoms with Crippen LogP contribution in [0, 0.1) is 6.92 Å². The van der Waals surface area contributed by atoms with Crippen LogP contribution in [0.2, 0.25) is 0 Å². The van der Waals surface area contributed by atoms with Gasteiger partial charge in [0, 0.05) is 10.6 Å². The SMILES string of the molecule is Cc1cc(CN2C(=O)C(C)N(c3ccccc3)C2=O)sn1. The minimum absolute atomic E-state index is 0.171. The van der Waals surface area contributed by atoms with Crippen LogP contribution in [0.3, 0.4) is 0 Å². The van der Waals surface area contributed by atoms with E-state index in [1.165, 1.54) is 21.3 Å². The molecule has 5 nitrogen and oxygen atoms in total. The average Bonchev–Trinajstić information content (AvgIpc) is 2.98. The lowest BCUT2D eigenvalue weighted by Gasteiger charge is -2.19. The lowest BCUT2D eigenvalue weighted by Crippen LogP contribution is -2.33. The number of imide groups is 1. The molecule has 108 valence electrons. The molecule has 0 N–H and O–H groups in total. The van der Waals surface area contributed by atoms with Gasteiger partial charge in [-0.2, -0.15) is 4.37 Å². The number of carbonyl (C=O) groups excluding carboxylic acids is 2. The van der Waals surface area contributed by atoms with Gasteiger partial charge >= 0.3 is 6.03 Å². The van der Waals surface area contributed by atoms with Crippen molar-refractivity contribution in [3.63, 3.8) is 0 Å². The summed E-state index contributed by atoms with van der Waals surface area (Å²) in [6, 6.07) is 10.4. The van der Waals surface area contributed by atoms with Gasteiger partial charge in [0.25, 0.3) is 5.91 Å². The summed E-state index contributed by atoms with van der Waals surface area (Å²) in [7, 11) is 0. The molecule has 2 aromatic rings. The van der Waals surface area contributed by atoms with Crippen LogP contribution in [-0.4, -0.2) is 27.3 Å². The van der Waals surface area contributed by atoms with E-state index in [0.717, 1.165) is 16.3 Å². The quantitative estimate of drug-likeness (QED) is 0.819. The topological polar surface area (TPSA) is 53.5 Å². The fourth-order valence-electron chi connectivity index (χ4n) is 2.44. The predicted octanol–water partition coefficient (Wildman–Crippen LogP) is 2.81. The number of aromatic nitrogens is 1. The highest BCUT2D eigenvalue weighted by atomic mass is 32.1. The van der Waals surface area contributed by atoms with Crippen LogP contribution in [-0.2, 0) is 11.3 Å². The van der Waals surface area contributed by atoms with E-state index in [9.17, 15) is 9.59 Å². The van der Waals surface area contributed by atoms with Crippen molar-refractivity contribution >= 4 is 29.2 Å². The third-order valence-electron chi connectivity index (χ3n) is 3.47. The zero-order chi connectivity index (χ0) is 15.0. The number of nitrogens with zero attached hydrogens (tertiary/aromatic N) is 3. The third kappa shape index (κ3) is 2.42. The highest BCUT2D eigenvalue weighted by Gasteiger charge is 2.43. The van der Waals surface area contributed by atoms with Gasteiger partial charge in [-0.15, -0.1) is 0 Å². The minimum atomic E-state index is -0.478. The lowest BCUT2D eigenvalue weighted by atomic mass is 10.2. The van der Waals surface area contributed by atoms with E-state index < -0.39 is 6.04 Å². The third-order valence-corrected chi connectivity index (χ3v) is 4.33. The van der Waals surface area contributed by atoms with E-state index in [1.807, 2.05) is 43.3 Å². The van der Waals surface area contributed by atoms with Crippen LogP contribution in [0.5, 0.6) is 0 Å². The van der Waals surface area contributed by atoms with E-state index in [0.29, 0.717) is 0 Å². The Kier molecular flexibility index (Phi) is 3.47. The van der Waals surface area contributed by atoms with Crippen LogP contribution in [0.4, 0.5) is 10.5 Å². The van der Waals surface area contributed by atoms with Gasteiger partial charge in [-0.05, 0) is 43.6 Å². The van der Waals surface area contributed by atoms with E-state index in [2.05, 4.69) is 4.37 Å². The van der Waals surface area contributed by atoms with E-state index in [1.54, 1.807) is 6.92 Å². The molecule has 21 heavy (non-hydrogen) atoms. The smallest absolute Gasteiger partial charge is 0.282 e. The first kappa shape index (κ1) is 13.8. The Morgan fingerprint density at radius 3 is 2.57 bits per heavy atom. The molecule has 1 aromatic heterocycles. The normalized spacial score (nSPS) is 18.7. The maximum Gasteiger partial charge on any atom is 0.332 e. The molecule has 1 aliphatic rings. The van der Waals surface area contributed by atoms with Gasteiger partial charge in [-0.25, -0.2) is 4.79 Å². The number of hydrogen-bond donors (Lipinski definition) is 0. The second-order valence-corrected chi connectivity index (χ2v) is 5.91. The molecule has 0 saturated carbocycles. The fraction of sp³-hybridized carbons (Fsp3) is 0.267. The summed E-state index contributed by atoms with van der Waals surface area (Å²) in [5, 5.41) is 0. The number of carbonyl (C=O) groups is 2. The van der Waals surface area contributed by atoms with Crippen molar-refractivity contribution in [3.05, 3.63) is 47.0 Å². The molecule has 3 rings (SSSR count). The van der Waals surface area contributed by atoms with Crippen LogP contribution in [0.25, 0.3) is 0 Å². The van der Waals surface area contributed by atoms with Gasteiger partial charge < -0.3 is 0 Å². The molecule has 2 heterocycles. The van der Waals surface area contributed by atoms with Gasteiger partial charge in [0.15, 0.2) is 0 Å². The maximum absolute atomic E-state index is 12.6. The Morgan fingerprint density at radius 1 is 1.24 bits per heavy atom. The Bertz CT molecular complexity index is 683. The average molecular weight is 301 g/mol. The second kappa shape index (κ2) is 5.29. The van der Waals surface area contributed by atoms with Crippen LogP contribution < -0.4 is 4.90 Å². The Balaban J connectivity index is 1.87. The van der Waals surface area contributed by atoms with Crippen molar-refractivity contribution in [2.45, 2.75) is 26.4 Å². The molecule has 0 radical (unpaired) electrons. The van der Waals surface area contributed by atoms with Gasteiger partial charge in [-0.1, -0.05) is 18.2 Å². The van der Waals surface area contributed by atoms with Crippen molar-refractivity contribution < 1.29 is 9.59 Å². The van der Waals surface area contributed by atoms with E-state index in [-0.39, 0.29) is 18.5 Å². The second-order valence-electron chi connectivity index (χ2n) is 5.02. The Labute approximate surface area is 127 Å². The number of aryl methyl sites for hydroxylation is 1. The van der Waals surface area contributed by atoms with E-state index in [4.69, 9.17) is 0 Å². The number of benzene rings is 1. The summed E-state index contributed by atoms with van der Waals surface area (Å²) in [4.78, 5) is 28.7. The summed E-state index contributed by atoms with van der Waals surface area (Å²) >= 11 is 1.32. The molecule has 1 unspecified atom stereocenters.